The van der Waals surface area contributed by atoms with E-state index in [0.717, 1.165) is 18.7 Å². The molecule has 74 valence electrons. The van der Waals surface area contributed by atoms with Crippen LogP contribution in [0.2, 0.25) is 0 Å². The predicted molar refractivity (Wildman–Crippen MR) is 60.9 cm³/mol. The van der Waals surface area contributed by atoms with E-state index in [2.05, 4.69) is 30.5 Å². The predicted octanol–water partition coefficient (Wildman–Crippen LogP) is 2.34. The van der Waals surface area contributed by atoms with Gasteiger partial charge in [0, 0.05) is 11.7 Å². The number of hydrogen-bond acceptors (Lipinski definition) is 2. The monoisotopic (exact) mass is 188 g/mol. The van der Waals surface area contributed by atoms with E-state index in [-0.39, 0.29) is 0 Å². The summed E-state index contributed by atoms with van der Waals surface area (Å²) in [4.78, 5) is 0. The number of nitrogen functional groups attached to an aromatic ring is 1. The topological polar surface area (TPSA) is 38.0 Å². The standard InChI is InChI=1S/C12H16N2/c1-2-14-11-8-4-6-9-5-3-7-10(13)12(9)11/h3-7,11,14H,2,8,13H2,1H3. The first-order chi connectivity index (χ1) is 6.83. The highest BCUT2D eigenvalue weighted by Crippen LogP contribution is 2.31. The fraction of sp³-hybridized carbons (Fsp3) is 0.333. The fourth-order valence-corrected chi connectivity index (χ4v) is 2.03. The number of nitrogens with two attached hydrogens (primary N) is 1. The van der Waals surface area contributed by atoms with Gasteiger partial charge < -0.3 is 11.1 Å². The third-order valence-corrected chi connectivity index (χ3v) is 2.64. The average molecular weight is 188 g/mol. The van der Waals surface area contributed by atoms with Crippen LogP contribution in [0.3, 0.4) is 0 Å². The van der Waals surface area contributed by atoms with Crippen LogP contribution < -0.4 is 11.1 Å². The third-order valence-electron chi connectivity index (χ3n) is 2.64. The van der Waals surface area contributed by atoms with Crippen LogP contribution in [-0.4, -0.2) is 6.54 Å². The molecule has 0 heterocycles. The van der Waals surface area contributed by atoms with Crippen molar-refractivity contribution in [2.75, 3.05) is 12.3 Å². The Kier molecular flexibility index (Phi) is 2.55. The van der Waals surface area contributed by atoms with Crippen LogP contribution in [0.4, 0.5) is 5.69 Å². The molecule has 0 spiro atoms. The van der Waals surface area contributed by atoms with Gasteiger partial charge in [-0.15, -0.1) is 0 Å². The molecule has 2 nitrogen and oxygen atoms in total. The van der Waals surface area contributed by atoms with Crippen LogP contribution in [0.5, 0.6) is 0 Å². The maximum Gasteiger partial charge on any atom is 0.0381 e. The van der Waals surface area contributed by atoms with Crippen molar-refractivity contribution in [2.24, 2.45) is 0 Å². The molecule has 1 atom stereocenters. The molecule has 0 bridgehead atoms. The quantitative estimate of drug-likeness (QED) is 0.699. The number of benzene rings is 1. The molecule has 2 heteroatoms. The van der Waals surface area contributed by atoms with Gasteiger partial charge in [0.05, 0.1) is 0 Å². The Labute approximate surface area is 84.8 Å². The second-order valence-corrected chi connectivity index (χ2v) is 3.60. The van der Waals surface area contributed by atoms with Gasteiger partial charge in [0.25, 0.3) is 0 Å². The molecule has 0 saturated carbocycles. The first-order valence-corrected chi connectivity index (χ1v) is 5.11. The first-order valence-electron chi connectivity index (χ1n) is 5.11. The number of rotatable bonds is 2. The van der Waals surface area contributed by atoms with E-state index >= 15 is 0 Å². The minimum absolute atomic E-state index is 0.390. The van der Waals surface area contributed by atoms with Crippen molar-refractivity contribution in [3.05, 3.63) is 35.4 Å². The Morgan fingerprint density at radius 1 is 1.50 bits per heavy atom. The molecular formula is C12H16N2. The lowest BCUT2D eigenvalue weighted by Gasteiger charge is -2.23. The Morgan fingerprint density at radius 3 is 3.14 bits per heavy atom. The van der Waals surface area contributed by atoms with E-state index in [1.54, 1.807) is 0 Å². The largest absolute Gasteiger partial charge is 0.398 e. The molecular weight excluding hydrogens is 172 g/mol. The fourth-order valence-electron chi connectivity index (χ4n) is 2.03. The van der Waals surface area contributed by atoms with E-state index < -0.39 is 0 Å². The van der Waals surface area contributed by atoms with Crippen LogP contribution in [-0.2, 0) is 0 Å². The molecule has 14 heavy (non-hydrogen) atoms. The van der Waals surface area contributed by atoms with Gasteiger partial charge in [-0.1, -0.05) is 31.2 Å². The number of nitrogens with one attached hydrogen (secondary N) is 1. The summed E-state index contributed by atoms with van der Waals surface area (Å²) in [6.45, 7) is 3.10. The Balaban J connectivity index is 2.42. The molecule has 0 aromatic heterocycles. The zero-order valence-corrected chi connectivity index (χ0v) is 8.46. The van der Waals surface area contributed by atoms with Gasteiger partial charge >= 0.3 is 0 Å². The minimum atomic E-state index is 0.390. The van der Waals surface area contributed by atoms with Gasteiger partial charge in [-0.05, 0) is 30.2 Å². The summed E-state index contributed by atoms with van der Waals surface area (Å²) in [5.41, 5.74) is 9.40. The zero-order valence-electron chi connectivity index (χ0n) is 8.46. The number of anilines is 1. The summed E-state index contributed by atoms with van der Waals surface area (Å²) in [5.74, 6) is 0. The summed E-state index contributed by atoms with van der Waals surface area (Å²) in [7, 11) is 0. The molecule has 0 amide bonds. The van der Waals surface area contributed by atoms with E-state index in [9.17, 15) is 0 Å². The number of fused-ring (bicyclic) bond motifs is 1. The minimum Gasteiger partial charge on any atom is -0.398 e. The third kappa shape index (κ3) is 1.53. The lowest BCUT2D eigenvalue weighted by atomic mass is 9.91. The van der Waals surface area contributed by atoms with Crippen molar-refractivity contribution in [3.63, 3.8) is 0 Å². The summed E-state index contributed by atoms with van der Waals surface area (Å²) in [5, 5.41) is 3.45. The molecule has 0 aliphatic heterocycles. The normalized spacial score (nSPS) is 19.4. The highest BCUT2D eigenvalue weighted by molar-refractivity contribution is 5.66. The zero-order chi connectivity index (χ0) is 9.97. The molecule has 1 aliphatic carbocycles. The molecule has 0 fully saturated rings. The summed E-state index contributed by atoms with van der Waals surface area (Å²) < 4.78 is 0. The van der Waals surface area contributed by atoms with Crippen LogP contribution in [0.15, 0.2) is 24.3 Å². The number of hydrogen-bond donors (Lipinski definition) is 2. The average Bonchev–Trinajstić information content (AvgIpc) is 2.19. The Hall–Kier alpha value is -1.28. The van der Waals surface area contributed by atoms with Crippen molar-refractivity contribution in [1.82, 2.24) is 5.32 Å². The maximum absolute atomic E-state index is 5.99. The summed E-state index contributed by atoms with van der Waals surface area (Å²) in [6.07, 6.45) is 5.39. The van der Waals surface area contributed by atoms with Gasteiger partial charge in [-0.2, -0.15) is 0 Å². The molecule has 1 aromatic carbocycles. The second-order valence-electron chi connectivity index (χ2n) is 3.60. The highest BCUT2D eigenvalue weighted by atomic mass is 14.9. The van der Waals surface area contributed by atoms with Crippen molar-refractivity contribution in [3.8, 4) is 0 Å². The van der Waals surface area contributed by atoms with E-state index in [0.29, 0.717) is 6.04 Å². The van der Waals surface area contributed by atoms with Crippen LogP contribution in [0.25, 0.3) is 6.08 Å². The van der Waals surface area contributed by atoms with Gasteiger partial charge in [0.2, 0.25) is 0 Å². The molecule has 1 unspecified atom stereocenters. The van der Waals surface area contributed by atoms with E-state index in [1.807, 2.05) is 12.1 Å². The lowest BCUT2D eigenvalue weighted by molar-refractivity contribution is 0.556. The highest BCUT2D eigenvalue weighted by Gasteiger charge is 2.17. The van der Waals surface area contributed by atoms with Crippen molar-refractivity contribution >= 4 is 11.8 Å². The first kappa shape index (κ1) is 9.28. The van der Waals surface area contributed by atoms with Crippen molar-refractivity contribution in [2.45, 2.75) is 19.4 Å². The molecule has 0 radical (unpaired) electrons. The van der Waals surface area contributed by atoms with Crippen LogP contribution >= 0.6 is 0 Å². The van der Waals surface area contributed by atoms with Crippen LogP contribution in [0, 0.1) is 0 Å². The SMILES string of the molecule is CCNC1CC=Cc2cccc(N)c21. The molecule has 1 aromatic rings. The smallest absolute Gasteiger partial charge is 0.0381 e. The Morgan fingerprint density at radius 2 is 2.36 bits per heavy atom. The summed E-state index contributed by atoms with van der Waals surface area (Å²) in [6, 6.07) is 6.49. The molecule has 2 rings (SSSR count). The Bertz CT molecular complexity index is 355. The van der Waals surface area contributed by atoms with Crippen molar-refractivity contribution in [1.29, 1.82) is 0 Å². The van der Waals surface area contributed by atoms with E-state index in [1.165, 1.54) is 11.1 Å². The van der Waals surface area contributed by atoms with Crippen molar-refractivity contribution < 1.29 is 0 Å². The summed E-state index contributed by atoms with van der Waals surface area (Å²) >= 11 is 0. The molecule has 0 saturated heterocycles. The van der Waals surface area contributed by atoms with Crippen LogP contribution in [0.1, 0.15) is 30.5 Å². The van der Waals surface area contributed by atoms with Gasteiger partial charge in [-0.3, -0.25) is 0 Å². The maximum atomic E-state index is 5.99. The van der Waals surface area contributed by atoms with E-state index in [4.69, 9.17) is 5.73 Å². The lowest BCUT2D eigenvalue weighted by Crippen LogP contribution is -2.23. The van der Waals surface area contributed by atoms with Gasteiger partial charge in [-0.25, -0.2) is 0 Å². The molecule has 3 N–H and O–H groups in total. The second kappa shape index (κ2) is 3.84. The molecule has 1 aliphatic rings. The van der Waals surface area contributed by atoms with Gasteiger partial charge in [0.15, 0.2) is 0 Å². The van der Waals surface area contributed by atoms with Gasteiger partial charge in [0.1, 0.15) is 0 Å².